The van der Waals surface area contributed by atoms with Crippen LogP contribution in [-0.2, 0) is 4.79 Å². The number of nitrogens with zero attached hydrogens (tertiary/aromatic N) is 2. The molecule has 1 aromatic rings. The van der Waals surface area contributed by atoms with Crippen LogP contribution in [0, 0.1) is 11.3 Å². The van der Waals surface area contributed by atoms with Crippen molar-refractivity contribution in [1.29, 1.82) is 5.26 Å². The molecule has 0 aliphatic heterocycles. The third-order valence-corrected chi connectivity index (χ3v) is 2.36. The highest BCUT2D eigenvalue weighted by Crippen LogP contribution is 2.14. The number of benzene rings is 1. The van der Waals surface area contributed by atoms with Gasteiger partial charge in [-0.2, -0.15) is 5.26 Å². The van der Waals surface area contributed by atoms with Crippen molar-refractivity contribution < 1.29 is 4.79 Å². The second-order valence-electron chi connectivity index (χ2n) is 3.70. The van der Waals surface area contributed by atoms with Crippen molar-refractivity contribution >= 4 is 23.2 Å². The molecule has 0 fully saturated rings. The number of nitriles is 1. The summed E-state index contributed by atoms with van der Waals surface area (Å²) in [4.78, 5) is 13.4. The van der Waals surface area contributed by atoms with E-state index in [9.17, 15) is 4.79 Å². The number of anilines is 1. The van der Waals surface area contributed by atoms with Gasteiger partial charge in [0.25, 0.3) is 0 Å². The van der Waals surface area contributed by atoms with Gasteiger partial charge in [-0.1, -0.05) is 17.7 Å². The molecule has 0 aliphatic rings. The Morgan fingerprint density at radius 1 is 1.59 bits per heavy atom. The lowest BCUT2D eigenvalue weighted by atomic mass is 10.3. The molecule has 5 heteroatoms. The van der Waals surface area contributed by atoms with Crippen LogP contribution in [0.3, 0.4) is 0 Å². The van der Waals surface area contributed by atoms with E-state index < -0.39 is 0 Å². The van der Waals surface area contributed by atoms with Gasteiger partial charge >= 0.3 is 0 Å². The number of hydrogen-bond acceptors (Lipinski definition) is 3. The highest BCUT2D eigenvalue weighted by molar-refractivity contribution is 6.30. The maximum absolute atomic E-state index is 11.6. The van der Waals surface area contributed by atoms with E-state index in [4.69, 9.17) is 16.9 Å². The summed E-state index contributed by atoms with van der Waals surface area (Å²) in [6, 6.07) is 9.03. The molecule has 17 heavy (non-hydrogen) atoms. The number of likely N-dealkylation sites (N-methyl/N-ethyl adjacent to an activating group) is 1. The summed E-state index contributed by atoms with van der Waals surface area (Å²) in [5.41, 5.74) is 0.677. The number of amides is 1. The summed E-state index contributed by atoms with van der Waals surface area (Å²) < 4.78 is 0. The lowest BCUT2D eigenvalue weighted by Crippen LogP contribution is -2.30. The molecule has 90 valence electrons. The van der Waals surface area contributed by atoms with Crippen molar-refractivity contribution in [3.8, 4) is 6.07 Å². The Hall–Kier alpha value is -1.57. The third kappa shape index (κ3) is 5.34. The van der Waals surface area contributed by atoms with Crippen LogP contribution in [0.2, 0.25) is 5.02 Å². The van der Waals surface area contributed by atoms with Crippen LogP contribution < -0.4 is 5.32 Å². The zero-order valence-corrected chi connectivity index (χ0v) is 10.4. The Morgan fingerprint density at radius 2 is 2.35 bits per heavy atom. The Kier molecular flexibility index (Phi) is 5.47. The molecule has 0 aromatic heterocycles. The summed E-state index contributed by atoms with van der Waals surface area (Å²) in [6.45, 7) is 0.841. The van der Waals surface area contributed by atoms with E-state index in [-0.39, 0.29) is 12.5 Å². The summed E-state index contributed by atoms with van der Waals surface area (Å²) in [6.07, 6.45) is 0.418. The van der Waals surface area contributed by atoms with Gasteiger partial charge in [0.15, 0.2) is 0 Å². The smallest absolute Gasteiger partial charge is 0.238 e. The molecule has 0 saturated heterocycles. The van der Waals surface area contributed by atoms with Crippen LogP contribution in [0.4, 0.5) is 5.69 Å². The van der Waals surface area contributed by atoms with E-state index in [2.05, 4.69) is 5.32 Å². The zero-order valence-electron chi connectivity index (χ0n) is 9.61. The minimum Gasteiger partial charge on any atom is -0.325 e. The van der Waals surface area contributed by atoms with E-state index in [1.165, 1.54) is 0 Å². The maximum atomic E-state index is 11.6. The second kappa shape index (κ2) is 6.89. The van der Waals surface area contributed by atoms with E-state index in [0.717, 1.165) is 0 Å². The van der Waals surface area contributed by atoms with Crippen LogP contribution in [0.25, 0.3) is 0 Å². The predicted octanol–water partition coefficient (Wildman–Crippen LogP) is 2.12. The molecule has 1 rings (SSSR count). The SMILES string of the molecule is CN(CCC#N)CC(=O)Nc1cccc(Cl)c1. The topological polar surface area (TPSA) is 56.1 Å². The molecule has 0 unspecified atom stereocenters. The summed E-state index contributed by atoms with van der Waals surface area (Å²) in [5.74, 6) is -0.118. The molecule has 4 nitrogen and oxygen atoms in total. The molecular weight excluding hydrogens is 238 g/mol. The van der Waals surface area contributed by atoms with Gasteiger partial charge in [-0.15, -0.1) is 0 Å². The molecule has 0 spiro atoms. The molecule has 0 bridgehead atoms. The number of nitrogens with one attached hydrogen (secondary N) is 1. The fourth-order valence-electron chi connectivity index (χ4n) is 1.33. The largest absolute Gasteiger partial charge is 0.325 e. The van der Waals surface area contributed by atoms with Gasteiger partial charge in [-0.3, -0.25) is 9.69 Å². The van der Waals surface area contributed by atoms with Crippen molar-refractivity contribution in [2.24, 2.45) is 0 Å². The van der Waals surface area contributed by atoms with Gasteiger partial charge in [-0.25, -0.2) is 0 Å². The Morgan fingerprint density at radius 3 is 3.00 bits per heavy atom. The van der Waals surface area contributed by atoms with Crippen LogP contribution in [0.5, 0.6) is 0 Å². The molecule has 0 heterocycles. The summed E-state index contributed by atoms with van der Waals surface area (Å²) >= 11 is 5.80. The van der Waals surface area contributed by atoms with Crippen LogP contribution in [-0.4, -0.2) is 30.9 Å². The number of rotatable bonds is 5. The van der Waals surface area contributed by atoms with Gasteiger partial charge in [0, 0.05) is 23.7 Å². The van der Waals surface area contributed by atoms with Crippen molar-refractivity contribution in [2.75, 3.05) is 25.5 Å². The van der Waals surface area contributed by atoms with Gasteiger partial charge in [0.05, 0.1) is 12.6 Å². The molecule has 0 radical (unpaired) electrons. The van der Waals surface area contributed by atoms with E-state index in [1.54, 1.807) is 36.2 Å². The van der Waals surface area contributed by atoms with E-state index >= 15 is 0 Å². The molecule has 1 amide bonds. The molecule has 1 N–H and O–H groups in total. The quantitative estimate of drug-likeness (QED) is 0.872. The number of carbonyl (C=O) groups is 1. The standard InChI is InChI=1S/C12H14ClN3O/c1-16(7-3-6-14)9-12(17)15-11-5-2-4-10(13)8-11/h2,4-5,8H,3,7,9H2,1H3,(H,15,17). The minimum atomic E-state index is -0.118. The molecular formula is C12H14ClN3O. The van der Waals surface area contributed by atoms with Crippen molar-refractivity contribution in [3.63, 3.8) is 0 Å². The fraction of sp³-hybridized carbons (Fsp3) is 0.333. The average Bonchev–Trinajstić information content (AvgIpc) is 2.26. The molecule has 0 saturated carbocycles. The number of halogens is 1. The van der Waals surface area contributed by atoms with Crippen molar-refractivity contribution in [2.45, 2.75) is 6.42 Å². The number of hydrogen-bond donors (Lipinski definition) is 1. The van der Waals surface area contributed by atoms with Gasteiger partial charge in [0.1, 0.15) is 0 Å². The first-order valence-electron chi connectivity index (χ1n) is 5.22. The average molecular weight is 252 g/mol. The molecule has 1 aromatic carbocycles. The fourth-order valence-corrected chi connectivity index (χ4v) is 1.52. The van der Waals surface area contributed by atoms with Gasteiger partial charge in [0.2, 0.25) is 5.91 Å². The monoisotopic (exact) mass is 251 g/mol. The van der Waals surface area contributed by atoms with E-state index in [0.29, 0.717) is 23.7 Å². The summed E-state index contributed by atoms with van der Waals surface area (Å²) in [7, 11) is 1.80. The highest BCUT2D eigenvalue weighted by Gasteiger charge is 2.06. The number of carbonyl (C=O) groups excluding carboxylic acids is 1. The van der Waals surface area contributed by atoms with Crippen LogP contribution in [0.1, 0.15) is 6.42 Å². The Bertz CT molecular complexity index is 428. The minimum absolute atomic E-state index is 0.118. The van der Waals surface area contributed by atoms with Crippen LogP contribution in [0.15, 0.2) is 24.3 Å². The molecule has 0 atom stereocenters. The molecule has 0 aliphatic carbocycles. The lowest BCUT2D eigenvalue weighted by molar-refractivity contribution is -0.117. The lowest BCUT2D eigenvalue weighted by Gasteiger charge is -2.14. The Labute approximate surface area is 106 Å². The van der Waals surface area contributed by atoms with Gasteiger partial charge in [-0.05, 0) is 25.2 Å². The third-order valence-electron chi connectivity index (χ3n) is 2.13. The first-order chi connectivity index (χ1) is 8.11. The van der Waals surface area contributed by atoms with Crippen LogP contribution >= 0.6 is 11.6 Å². The normalized spacial score (nSPS) is 10.0. The first kappa shape index (κ1) is 13.5. The second-order valence-corrected chi connectivity index (χ2v) is 4.14. The van der Waals surface area contributed by atoms with Crippen molar-refractivity contribution in [3.05, 3.63) is 29.3 Å². The maximum Gasteiger partial charge on any atom is 0.238 e. The Balaban J connectivity index is 2.42. The highest BCUT2D eigenvalue weighted by atomic mass is 35.5. The van der Waals surface area contributed by atoms with Crippen molar-refractivity contribution in [1.82, 2.24) is 4.90 Å². The first-order valence-corrected chi connectivity index (χ1v) is 5.60. The predicted molar refractivity (Wildman–Crippen MR) is 67.8 cm³/mol. The van der Waals surface area contributed by atoms with E-state index in [1.807, 2.05) is 6.07 Å². The summed E-state index contributed by atoms with van der Waals surface area (Å²) in [5, 5.41) is 11.7. The zero-order chi connectivity index (χ0) is 12.7. The van der Waals surface area contributed by atoms with Gasteiger partial charge < -0.3 is 5.32 Å².